The van der Waals surface area contributed by atoms with E-state index in [2.05, 4.69) is 4.90 Å². The molecule has 1 aliphatic heterocycles. The number of phenols is 1. The average Bonchev–Trinajstić information content (AvgIpc) is 2.41. The van der Waals surface area contributed by atoms with Gasteiger partial charge in [-0.05, 0) is 36.4 Å². The smallest absolute Gasteiger partial charge is 0.159 e. The Morgan fingerprint density at radius 3 is 2.70 bits per heavy atom. The second-order valence-corrected chi connectivity index (χ2v) is 5.27. The summed E-state index contributed by atoms with van der Waals surface area (Å²) >= 11 is 0. The molecule has 1 atom stereocenters. The Morgan fingerprint density at radius 2 is 1.95 bits per heavy atom. The highest BCUT2D eigenvalue weighted by Gasteiger charge is 2.27. The number of fused-ring (bicyclic) bond motifs is 1. The largest absolute Gasteiger partial charge is 0.508 e. The maximum absolute atomic E-state index is 13.5. The van der Waals surface area contributed by atoms with Crippen LogP contribution in [0.3, 0.4) is 0 Å². The van der Waals surface area contributed by atoms with E-state index in [4.69, 9.17) is 0 Å². The summed E-state index contributed by atoms with van der Waals surface area (Å²) in [5, 5.41) is 10.1. The highest BCUT2D eigenvalue weighted by Crippen LogP contribution is 2.38. The van der Waals surface area contributed by atoms with E-state index < -0.39 is 11.6 Å². The molecule has 4 heteroatoms. The first-order valence-corrected chi connectivity index (χ1v) is 6.50. The van der Waals surface area contributed by atoms with Gasteiger partial charge in [-0.25, -0.2) is 8.78 Å². The molecular formula is C16H15F2NO. The number of hydrogen-bond acceptors (Lipinski definition) is 2. The minimum Gasteiger partial charge on any atom is -0.508 e. The molecule has 20 heavy (non-hydrogen) atoms. The van der Waals surface area contributed by atoms with Gasteiger partial charge >= 0.3 is 0 Å². The van der Waals surface area contributed by atoms with Crippen LogP contribution in [0.1, 0.15) is 22.6 Å². The quantitative estimate of drug-likeness (QED) is 0.863. The lowest BCUT2D eigenvalue weighted by Gasteiger charge is -2.33. The summed E-state index contributed by atoms with van der Waals surface area (Å²) in [7, 11) is 1.97. The third-order valence-corrected chi connectivity index (χ3v) is 3.80. The molecule has 1 heterocycles. The van der Waals surface area contributed by atoms with Gasteiger partial charge in [-0.3, -0.25) is 0 Å². The van der Waals surface area contributed by atoms with Crippen molar-refractivity contribution in [2.45, 2.75) is 12.5 Å². The predicted molar refractivity (Wildman–Crippen MR) is 72.6 cm³/mol. The van der Waals surface area contributed by atoms with Gasteiger partial charge in [0.2, 0.25) is 0 Å². The van der Waals surface area contributed by atoms with Crippen molar-refractivity contribution in [2.75, 3.05) is 13.6 Å². The van der Waals surface area contributed by atoms with Crippen molar-refractivity contribution < 1.29 is 13.9 Å². The minimum atomic E-state index is -0.854. The number of halogens is 2. The Morgan fingerprint density at radius 1 is 1.15 bits per heavy atom. The van der Waals surface area contributed by atoms with Crippen LogP contribution in [0, 0.1) is 11.6 Å². The fourth-order valence-electron chi connectivity index (χ4n) is 2.90. The Bertz CT molecular complexity index is 657. The first-order chi connectivity index (χ1) is 9.56. The Balaban J connectivity index is 2.12. The van der Waals surface area contributed by atoms with Gasteiger partial charge in [-0.1, -0.05) is 18.2 Å². The first kappa shape index (κ1) is 13.1. The predicted octanol–water partition coefficient (Wildman–Crippen LogP) is 3.25. The van der Waals surface area contributed by atoms with E-state index in [1.807, 2.05) is 13.1 Å². The van der Waals surface area contributed by atoms with Gasteiger partial charge < -0.3 is 10.0 Å². The molecule has 104 valence electrons. The number of likely N-dealkylation sites (N-methyl/N-ethyl adjacent to an activating group) is 1. The number of nitrogens with zero attached hydrogens (tertiary/aromatic N) is 1. The van der Waals surface area contributed by atoms with Gasteiger partial charge in [0.1, 0.15) is 5.75 Å². The average molecular weight is 275 g/mol. The van der Waals surface area contributed by atoms with Gasteiger partial charge in [0.25, 0.3) is 0 Å². The van der Waals surface area contributed by atoms with Gasteiger partial charge in [-0.2, -0.15) is 0 Å². The van der Waals surface area contributed by atoms with E-state index in [0.717, 1.165) is 23.7 Å². The van der Waals surface area contributed by atoms with Crippen LogP contribution in [0.4, 0.5) is 8.78 Å². The molecule has 0 unspecified atom stereocenters. The van der Waals surface area contributed by atoms with Crippen LogP contribution in [0.15, 0.2) is 36.4 Å². The third kappa shape index (κ3) is 2.16. The van der Waals surface area contributed by atoms with Gasteiger partial charge in [0, 0.05) is 24.6 Å². The van der Waals surface area contributed by atoms with Gasteiger partial charge in [0.05, 0.1) is 0 Å². The summed E-state index contributed by atoms with van der Waals surface area (Å²) in [5.41, 5.74) is 2.52. The van der Waals surface area contributed by atoms with E-state index in [1.165, 1.54) is 6.07 Å². The fourth-order valence-corrected chi connectivity index (χ4v) is 2.90. The Labute approximate surface area is 116 Å². The summed E-state index contributed by atoms with van der Waals surface area (Å²) in [4.78, 5) is 2.10. The van der Waals surface area contributed by atoms with Crippen molar-refractivity contribution in [1.29, 1.82) is 0 Å². The number of rotatable bonds is 1. The number of benzene rings is 2. The lowest BCUT2D eigenvalue weighted by Crippen LogP contribution is -2.31. The molecule has 2 aromatic rings. The van der Waals surface area contributed by atoms with E-state index in [9.17, 15) is 13.9 Å². The topological polar surface area (TPSA) is 23.5 Å². The van der Waals surface area contributed by atoms with Crippen molar-refractivity contribution in [3.8, 4) is 5.75 Å². The molecule has 0 aromatic heterocycles. The van der Waals surface area contributed by atoms with Crippen molar-refractivity contribution in [1.82, 2.24) is 4.90 Å². The Hall–Kier alpha value is -1.94. The molecule has 0 saturated heterocycles. The lowest BCUT2D eigenvalue weighted by atomic mass is 9.84. The third-order valence-electron chi connectivity index (χ3n) is 3.80. The van der Waals surface area contributed by atoms with Gasteiger partial charge in [0.15, 0.2) is 11.6 Å². The lowest BCUT2D eigenvalue weighted by molar-refractivity contribution is 0.290. The van der Waals surface area contributed by atoms with Crippen molar-refractivity contribution >= 4 is 0 Å². The number of phenolic OH excluding ortho intramolecular Hbond substituents is 1. The maximum Gasteiger partial charge on any atom is 0.159 e. The van der Waals surface area contributed by atoms with Crippen LogP contribution < -0.4 is 0 Å². The van der Waals surface area contributed by atoms with Crippen LogP contribution in [0.2, 0.25) is 0 Å². The summed E-state index contributed by atoms with van der Waals surface area (Å²) in [5.74, 6) is -1.64. The highest BCUT2D eigenvalue weighted by atomic mass is 19.2. The zero-order valence-electron chi connectivity index (χ0n) is 11.1. The highest BCUT2D eigenvalue weighted by molar-refractivity contribution is 5.48. The van der Waals surface area contributed by atoms with E-state index >= 15 is 0 Å². The molecule has 1 N–H and O–H groups in total. The molecule has 0 aliphatic carbocycles. The normalized spacial score (nSPS) is 18.9. The second-order valence-electron chi connectivity index (χ2n) is 5.27. The Kier molecular flexibility index (Phi) is 3.18. The van der Waals surface area contributed by atoms with Crippen molar-refractivity contribution in [3.05, 3.63) is 64.7 Å². The molecule has 0 spiro atoms. The van der Waals surface area contributed by atoms with Gasteiger partial charge in [-0.15, -0.1) is 0 Å². The fraction of sp³-hybridized carbons (Fsp3) is 0.250. The van der Waals surface area contributed by atoms with Crippen LogP contribution in [-0.4, -0.2) is 23.6 Å². The van der Waals surface area contributed by atoms with Crippen molar-refractivity contribution in [2.24, 2.45) is 0 Å². The van der Waals surface area contributed by atoms with E-state index in [-0.39, 0.29) is 11.7 Å². The second kappa shape index (κ2) is 4.87. The monoisotopic (exact) mass is 275 g/mol. The summed E-state index contributed by atoms with van der Waals surface area (Å²) in [6.07, 6.45) is 0. The molecule has 0 radical (unpaired) electrons. The maximum atomic E-state index is 13.5. The SMILES string of the molecule is CN1Cc2cccc(O)c2[C@H](c2ccc(F)c(F)c2)C1. The van der Waals surface area contributed by atoms with Crippen LogP contribution in [-0.2, 0) is 6.54 Å². The molecule has 2 aromatic carbocycles. The molecular weight excluding hydrogens is 260 g/mol. The molecule has 0 saturated carbocycles. The van der Waals surface area contributed by atoms with E-state index in [0.29, 0.717) is 12.1 Å². The molecule has 3 rings (SSSR count). The van der Waals surface area contributed by atoms with Crippen LogP contribution in [0.25, 0.3) is 0 Å². The van der Waals surface area contributed by atoms with Crippen LogP contribution >= 0.6 is 0 Å². The van der Waals surface area contributed by atoms with Crippen molar-refractivity contribution in [3.63, 3.8) is 0 Å². The molecule has 2 nitrogen and oxygen atoms in total. The zero-order chi connectivity index (χ0) is 14.3. The first-order valence-electron chi connectivity index (χ1n) is 6.50. The summed E-state index contributed by atoms with van der Waals surface area (Å²) in [6, 6.07) is 9.33. The molecule has 1 aliphatic rings. The number of aromatic hydroxyl groups is 1. The minimum absolute atomic E-state index is 0.153. The molecule has 0 bridgehead atoms. The summed E-state index contributed by atoms with van der Waals surface area (Å²) in [6.45, 7) is 1.40. The molecule has 0 fully saturated rings. The standard InChI is InChI=1S/C16H15F2NO/c1-19-8-11-3-2-4-15(20)16(11)12(9-19)10-5-6-13(17)14(18)7-10/h2-7,12,20H,8-9H2,1H3/t12-/m0/s1. The summed E-state index contributed by atoms with van der Waals surface area (Å²) < 4.78 is 26.5. The number of hydrogen-bond donors (Lipinski definition) is 1. The molecule has 0 amide bonds. The van der Waals surface area contributed by atoms with Crippen LogP contribution in [0.5, 0.6) is 5.75 Å². The van der Waals surface area contributed by atoms with E-state index in [1.54, 1.807) is 18.2 Å². The zero-order valence-corrected chi connectivity index (χ0v) is 11.1.